The van der Waals surface area contributed by atoms with E-state index in [0.29, 0.717) is 5.57 Å². The molecule has 0 aromatic carbocycles. The van der Waals surface area contributed by atoms with Gasteiger partial charge in [-0.3, -0.25) is 0 Å². The molecule has 5 nitrogen and oxygen atoms in total. The maximum absolute atomic E-state index is 11.8. The normalized spacial score (nSPS) is 13.8. The van der Waals surface area contributed by atoms with Crippen LogP contribution in [0.15, 0.2) is 12.2 Å². The fourth-order valence-electron chi connectivity index (χ4n) is 1.83. The highest BCUT2D eigenvalue weighted by Crippen LogP contribution is 2.30. The minimum Gasteiger partial charge on any atom is -0.454 e. The molecule has 8 heteroatoms. The van der Waals surface area contributed by atoms with Crippen LogP contribution in [-0.4, -0.2) is 43.5 Å². The Morgan fingerprint density at radius 1 is 0.826 bits per heavy atom. The predicted molar refractivity (Wildman–Crippen MR) is 102 cm³/mol. The lowest BCUT2D eigenvalue weighted by Crippen LogP contribution is -2.58. The van der Waals surface area contributed by atoms with Gasteiger partial charge in [-0.15, -0.1) is 0 Å². The smallest absolute Gasteiger partial charge is 0.333 e. The summed E-state index contributed by atoms with van der Waals surface area (Å²) < 4.78 is 24.2. The third kappa shape index (κ3) is 11.0. The van der Waals surface area contributed by atoms with Crippen LogP contribution in [0.4, 0.5) is 0 Å². The highest BCUT2D eigenvalue weighted by molar-refractivity contribution is 6.72. The first-order chi connectivity index (χ1) is 9.95. The van der Waals surface area contributed by atoms with Crippen LogP contribution < -0.4 is 0 Å². The number of ether oxygens (including phenoxy) is 1. The maximum Gasteiger partial charge on any atom is 0.333 e. The van der Waals surface area contributed by atoms with Crippen LogP contribution in [0.25, 0.3) is 0 Å². The summed E-state index contributed by atoms with van der Waals surface area (Å²) in [5.74, 6) is -1.79. The van der Waals surface area contributed by atoms with Gasteiger partial charge >= 0.3 is 5.97 Å². The van der Waals surface area contributed by atoms with Gasteiger partial charge in [-0.1, -0.05) is 6.58 Å². The number of hydrogen-bond acceptors (Lipinski definition) is 5. The van der Waals surface area contributed by atoms with E-state index >= 15 is 0 Å². The first-order valence-electron chi connectivity index (χ1n) is 7.88. The van der Waals surface area contributed by atoms with Gasteiger partial charge in [0.15, 0.2) is 31.6 Å². The van der Waals surface area contributed by atoms with Gasteiger partial charge in [0.25, 0.3) is 5.97 Å². The van der Waals surface area contributed by atoms with Crippen molar-refractivity contribution in [2.75, 3.05) is 6.61 Å². The van der Waals surface area contributed by atoms with Crippen molar-refractivity contribution in [1.82, 2.24) is 0 Å². The number of esters is 1. The summed E-state index contributed by atoms with van der Waals surface area (Å²) in [6, 6.07) is 0. The van der Waals surface area contributed by atoms with Gasteiger partial charge in [0.2, 0.25) is 0 Å². The van der Waals surface area contributed by atoms with Crippen LogP contribution in [-0.2, 0) is 22.8 Å². The van der Waals surface area contributed by atoms with Gasteiger partial charge in [0.1, 0.15) is 0 Å². The predicted octanol–water partition coefficient (Wildman–Crippen LogP) is 4.31. The fraction of sp³-hybridized carbons (Fsp3) is 0.800. The van der Waals surface area contributed by atoms with Crippen molar-refractivity contribution in [2.45, 2.75) is 71.8 Å². The second-order valence-corrected chi connectivity index (χ2v) is 22.0. The maximum atomic E-state index is 11.8. The molecule has 0 aromatic rings. The van der Waals surface area contributed by atoms with Crippen molar-refractivity contribution in [1.29, 1.82) is 0 Å². The van der Waals surface area contributed by atoms with Crippen LogP contribution in [0.5, 0.6) is 0 Å². The molecule has 0 N–H and O–H groups in total. The van der Waals surface area contributed by atoms with E-state index in [9.17, 15) is 4.79 Å². The largest absolute Gasteiger partial charge is 0.454 e. The molecule has 0 fully saturated rings. The third-order valence-electron chi connectivity index (χ3n) is 2.11. The first kappa shape index (κ1) is 22.7. The van der Waals surface area contributed by atoms with E-state index < -0.39 is 36.9 Å². The van der Waals surface area contributed by atoms with Crippen molar-refractivity contribution < 1.29 is 22.8 Å². The molecule has 0 radical (unpaired) electrons. The lowest BCUT2D eigenvalue weighted by Gasteiger charge is -2.44. The third-order valence-corrected chi connectivity index (χ3v) is 4.88. The van der Waals surface area contributed by atoms with Crippen LogP contribution in [0.1, 0.15) is 6.92 Å². The molecule has 136 valence electrons. The highest BCUT2D eigenvalue weighted by Gasteiger charge is 2.46. The lowest BCUT2D eigenvalue weighted by molar-refractivity contribution is -0.289. The summed E-state index contributed by atoms with van der Waals surface area (Å²) in [6.45, 7) is 23.7. The van der Waals surface area contributed by atoms with Crippen molar-refractivity contribution >= 4 is 30.9 Å². The molecular weight excluding hydrogens is 344 g/mol. The molecule has 0 aromatic heterocycles. The van der Waals surface area contributed by atoms with E-state index in [1.165, 1.54) is 0 Å². The molecule has 0 saturated heterocycles. The molecule has 0 unspecified atom stereocenters. The molecule has 0 amide bonds. The molecule has 0 rings (SSSR count). The van der Waals surface area contributed by atoms with Crippen molar-refractivity contribution in [2.24, 2.45) is 0 Å². The van der Waals surface area contributed by atoms with E-state index in [-0.39, 0.29) is 6.61 Å². The zero-order valence-corrected chi connectivity index (χ0v) is 19.5. The molecule has 0 bridgehead atoms. The quantitative estimate of drug-likeness (QED) is 0.259. The average molecular weight is 379 g/mol. The fourth-order valence-corrected chi connectivity index (χ4v) is 5.30. The SMILES string of the molecule is C=C(C)C(=O)OCC(O[Si](C)(C)C)(O[Si](C)(C)C)O[Si](C)(C)C. The molecule has 0 aliphatic heterocycles. The van der Waals surface area contributed by atoms with Gasteiger partial charge in [-0.25, -0.2) is 4.79 Å². The summed E-state index contributed by atoms with van der Waals surface area (Å²) in [5, 5.41) is 0. The Kier molecular flexibility index (Phi) is 7.66. The van der Waals surface area contributed by atoms with Gasteiger partial charge in [-0.2, -0.15) is 0 Å². The van der Waals surface area contributed by atoms with Crippen molar-refractivity contribution in [3.05, 3.63) is 12.2 Å². The summed E-state index contributed by atoms with van der Waals surface area (Å²) in [5.41, 5.74) is 0.341. The second kappa shape index (κ2) is 7.75. The molecule has 0 aliphatic rings. The minimum atomic E-state index is -2.01. The molecular formula is C15H34O5Si3. The Labute approximate surface area is 144 Å². The van der Waals surface area contributed by atoms with Crippen molar-refractivity contribution in [3.63, 3.8) is 0 Å². The molecule has 0 atom stereocenters. The summed E-state index contributed by atoms with van der Waals surface area (Å²) in [6.07, 6.45) is 0. The number of carbonyl (C=O) groups is 1. The lowest BCUT2D eigenvalue weighted by atomic mass is 10.4. The van der Waals surface area contributed by atoms with Gasteiger partial charge in [-0.05, 0) is 65.8 Å². The standard InChI is InChI=1S/C15H34O5Si3/c1-13(2)14(16)17-12-15(18-21(3,4)5,19-22(6,7)8)20-23(9,10)11/h1,12H2,2-11H3. The Morgan fingerprint density at radius 2 is 1.13 bits per heavy atom. The number of rotatable bonds is 9. The Hall–Kier alpha value is -0.259. The zero-order valence-electron chi connectivity index (χ0n) is 16.5. The first-order valence-corrected chi connectivity index (χ1v) is 18.1. The average Bonchev–Trinajstić information content (AvgIpc) is 2.17. The molecule has 0 spiro atoms. The summed E-state index contributed by atoms with van der Waals surface area (Å²) >= 11 is 0. The minimum absolute atomic E-state index is 0.0858. The van der Waals surface area contributed by atoms with Gasteiger partial charge in [0, 0.05) is 5.57 Å². The monoisotopic (exact) mass is 378 g/mol. The number of hydrogen-bond donors (Lipinski definition) is 0. The second-order valence-electron chi connectivity index (χ2n) is 8.68. The van der Waals surface area contributed by atoms with E-state index in [4.69, 9.17) is 18.0 Å². The Bertz CT molecular complexity index is 389. The van der Waals surface area contributed by atoms with Gasteiger partial charge in [0.05, 0.1) is 0 Å². The Balaban J connectivity index is 5.62. The topological polar surface area (TPSA) is 54.0 Å². The van der Waals surface area contributed by atoms with Crippen LogP contribution in [0, 0.1) is 0 Å². The molecule has 23 heavy (non-hydrogen) atoms. The zero-order chi connectivity index (χ0) is 18.7. The molecule has 0 heterocycles. The molecule has 0 saturated carbocycles. The van der Waals surface area contributed by atoms with Crippen LogP contribution >= 0.6 is 0 Å². The van der Waals surface area contributed by atoms with Crippen LogP contribution in [0.2, 0.25) is 58.9 Å². The van der Waals surface area contributed by atoms with E-state index in [2.05, 4.69) is 65.5 Å². The van der Waals surface area contributed by atoms with E-state index in [1.54, 1.807) is 6.92 Å². The van der Waals surface area contributed by atoms with E-state index in [1.807, 2.05) is 0 Å². The van der Waals surface area contributed by atoms with Crippen molar-refractivity contribution in [3.8, 4) is 0 Å². The van der Waals surface area contributed by atoms with Crippen LogP contribution in [0.3, 0.4) is 0 Å². The van der Waals surface area contributed by atoms with Gasteiger partial charge < -0.3 is 18.0 Å². The molecule has 0 aliphatic carbocycles. The Morgan fingerprint density at radius 3 is 1.35 bits per heavy atom. The van der Waals surface area contributed by atoms with E-state index in [0.717, 1.165) is 0 Å². The summed E-state index contributed by atoms with van der Waals surface area (Å²) in [7, 11) is -6.03. The highest BCUT2D eigenvalue weighted by atomic mass is 28.4. The number of carbonyl (C=O) groups excluding carboxylic acids is 1. The summed E-state index contributed by atoms with van der Waals surface area (Å²) in [4.78, 5) is 11.8.